The molecule has 4 aromatic rings. The van der Waals surface area contributed by atoms with Gasteiger partial charge >= 0.3 is 0 Å². The SMILES string of the molecule is CCn1c(CC(=O)Nc2ccc(C)cc2)nnc1SCC(=O)c1cn(C)c2ccccc12. The quantitative estimate of drug-likeness (QED) is 0.322. The maximum absolute atomic E-state index is 12.9. The second-order valence-corrected chi connectivity index (χ2v) is 8.56. The molecule has 8 heteroatoms. The van der Waals surface area contributed by atoms with Crippen LogP contribution < -0.4 is 5.32 Å². The topological polar surface area (TPSA) is 81.8 Å². The van der Waals surface area contributed by atoms with Crippen LogP contribution in [0.25, 0.3) is 10.9 Å². The van der Waals surface area contributed by atoms with Gasteiger partial charge in [0.25, 0.3) is 0 Å². The Hall–Kier alpha value is -3.39. The number of fused-ring (bicyclic) bond motifs is 1. The van der Waals surface area contributed by atoms with Crippen molar-refractivity contribution in [2.24, 2.45) is 7.05 Å². The summed E-state index contributed by atoms with van der Waals surface area (Å²) >= 11 is 1.34. The number of ketones is 1. The summed E-state index contributed by atoms with van der Waals surface area (Å²) in [5, 5.41) is 12.9. The van der Waals surface area contributed by atoms with E-state index in [-0.39, 0.29) is 23.9 Å². The van der Waals surface area contributed by atoms with E-state index in [0.717, 1.165) is 22.2 Å². The lowest BCUT2D eigenvalue weighted by Gasteiger charge is -2.08. The molecule has 0 bridgehead atoms. The molecule has 0 aliphatic rings. The third kappa shape index (κ3) is 4.60. The molecule has 0 unspecified atom stereocenters. The summed E-state index contributed by atoms with van der Waals surface area (Å²) in [5.74, 6) is 0.717. The van der Waals surface area contributed by atoms with Crippen LogP contribution in [0.2, 0.25) is 0 Å². The van der Waals surface area contributed by atoms with E-state index in [0.29, 0.717) is 23.1 Å². The molecular formula is C24H25N5O2S. The lowest BCUT2D eigenvalue weighted by molar-refractivity contribution is -0.115. The minimum absolute atomic E-state index is 0.0381. The van der Waals surface area contributed by atoms with Crippen molar-refractivity contribution in [3.05, 3.63) is 71.7 Å². The number of nitrogens with zero attached hydrogens (tertiary/aromatic N) is 4. The molecule has 2 heterocycles. The molecule has 1 N–H and O–H groups in total. The van der Waals surface area contributed by atoms with E-state index in [9.17, 15) is 9.59 Å². The van der Waals surface area contributed by atoms with Gasteiger partial charge in [-0.25, -0.2) is 0 Å². The number of Topliss-reactive ketones (excluding diaryl/α,β-unsaturated/α-hetero) is 1. The molecule has 1 amide bonds. The van der Waals surface area contributed by atoms with Crippen molar-refractivity contribution in [1.82, 2.24) is 19.3 Å². The Bertz CT molecular complexity index is 1270. The van der Waals surface area contributed by atoms with Crippen LogP contribution in [-0.4, -0.2) is 36.8 Å². The maximum atomic E-state index is 12.9. The van der Waals surface area contributed by atoms with Crippen LogP contribution in [0.15, 0.2) is 59.9 Å². The molecule has 0 fully saturated rings. The number of benzene rings is 2. The van der Waals surface area contributed by atoms with E-state index in [1.54, 1.807) is 0 Å². The van der Waals surface area contributed by atoms with Gasteiger partial charge in [0.05, 0.1) is 12.2 Å². The Morgan fingerprint density at radius 3 is 2.56 bits per heavy atom. The Morgan fingerprint density at radius 2 is 1.81 bits per heavy atom. The zero-order chi connectivity index (χ0) is 22.7. The molecule has 0 spiro atoms. The van der Waals surface area contributed by atoms with Crippen LogP contribution in [-0.2, 0) is 24.8 Å². The van der Waals surface area contributed by atoms with Crippen LogP contribution in [0.5, 0.6) is 0 Å². The minimum atomic E-state index is -0.153. The monoisotopic (exact) mass is 447 g/mol. The molecule has 32 heavy (non-hydrogen) atoms. The number of amides is 1. The zero-order valence-corrected chi connectivity index (χ0v) is 19.1. The number of aromatic nitrogens is 4. The molecule has 2 aromatic carbocycles. The third-order valence-electron chi connectivity index (χ3n) is 5.29. The number of nitrogens with one attached hydrogen (secondary N) is 1. The van der Waals surface area contributed by atoms with Gasteiger partial charge < -0.3 is 14.5 Å². The van der Waals surface area contributed by atoms with E-state index in [4.69, 9.17) is 0 Å². The van der Waals surface area contributed by atoms with E-state index in [1.807, 2.05) is 84.8 Å². The first-order chi connectivity index (χ1) is 15.5. The number of rotatable bonds is 8. The van der Waals surface area contributed by atoms with Crippen LogP contribution in [0, 0.1) is 6.92 Å². The molecule has 7 nitrogen and oxygen atoms in total. The summed E-state index contributed by atoms with van der Waals surface area (Å²) in [6, 6.07) is 15.5. The smallest absolute Gasteiger partial charge is 0.232 e. The van der Waals surface area contributed by atoms with Crippen molar-refractivity contribution in [3.63, 3.8) is 0 Å². The summed E-state index contributed by atoms with van der Waals surface area (Å²) in [6.07, 6.45) is 1.99. The average molecular weight is 448 g/mol. The molecule has 164 valence electrons. The largest absolute Gasteiger partial charge is 0.350 e. The fourth-order valence-corrected chi connectivity index (χ4v) is 4.54. The average Bonchev–Trinajstić information content (AvgIpc) is 3.34. The lowest BCUT2D eigenvalue weighted by Crippen LogP contribution is -2.17. The fraction of sp³-hybridized carbons (Fsp3) is 0.250. The van der Waals surface area contributed by atoms with E-state index < -0.39 is 0 Å². The van der Waals surface area contributed by atoms with Crippen molar-refractivity contribution in [3.8, 4) is 0 Å². The van der Waals surface area contributed by atoms with Crippen molar-refractivity contribution in [2.75, 3.05) is 11.1 Å². The molecule has 4 rings (SSSR count). The lowest BCUT2D eigenvalue weighted by atomic mass is 10.1. The highest BCUT2D eigenvalue weighted by molar-refractivity contribution is 7.99. The first kappa shape index (κ1) is 21.8. The van der Waals surface area contributed by atoms with Gasteiger partial charge in [-0.2, -0.15) is 0 Å². The number of carbonyl (C=O) groups is 2. The minimum Gasteiger partial charge on any atom is -0.350 e. The standard InChI is InChI=1S/C24H25N5O2S/c1-4-29-22(13-23(31)25-17-11-9-16(2)10-12-17)26-27-24(29)32-15-21(30)19-14-28(3)20-8-6-5-7-18(19)20/h5-12,14H,4,13,15H2,1-3H3,(H,25,31). The van der Waals surface area contributed by atoms with Crippen molar-refractivity contribution in [1.29, 1.82) is 0 Å². The van der Waals surface area contributed by atoms with Crippen LogP contribution in [0.3, 0.4) is 0 Å². The highest BCUT2D eigenvalue weighted by Crippen LogP contribution is 2.24. The van der Waals surface area contributed by atoms with Gasteiger partial charge in [0, 0.05) is 41.9 Å². The zero-order valence-electron chi connectivity index (χ0n) is 18.3. The van der Waals surface area contributed by atoms with E-state index in [1.165, 1.54) is 11.8 Å². The van der Waals surface area contributed by atoms with Gasteiger partial charge in [-0.3, -0.25) is 9.59 Å². The molecule has 0 saturated heterocycles. The molecule has 0 atom stereocenters. The summed E-state index contributed by atoms with van der Waals surface area (Å²) in [7, 11) is 1.94. The first-order valence-electron chi connectivity index (χ1n) is 10.4. The highest BCUT2D eigenvalue weighted by atomic mass is 32.2. The predicted molar refractivity (Wildman–Crippen MR) is 127 cm³/mol. The Balaban J connectivity index is 1.43. The molecule has 0 radical (unpaired) electrons. The van der Waals surface area contributed by atoms with Gasteiger partial charge in [0.2, 0.25) is 5.91 Å². The number of hydrogen-bond donors (Lipinski definition) is 1. The number of para-hydroxylation sites is 1. The van der Waals surface area contributed by atoms with Crippen molar-refractivity contribution in [2.45, 2.75) is 32.0 Å². The molecule has 0 saturated carbocycles. The Labute approximate surface area is 190 Å². The summed E-state index contributed by atoms with van der Waals surface area (Å²) in [4.78, 5) is 25.4. The number of hydrogen-bond acceptors (Lipinski definition) is 5. The highest BCUT2D eigenvalue weighted by Gasteiger charge is 2.18. The third-order valence-corrected chi connectivity index (χ3v) is 6.26. The van der Waals surface area contributed by atoms with Gasteiger partial charge in [-0.15, -0.1) is 10.2 Å². The normalized spacial score (nSPS) is 11.1. The summed E-state index contributed by atoms with van der Waals surface area (Å²) < 4.78 is 3.85. The number of carbonyl (C=O) groups excluding carboxylic acids is 2. The second-order valence-electron chi connectivity index (χ2n) is 7.62. The summed E-state index contributed by atoms with van der Waals surface area (Å²) in [6.45, 7) is 4.59. The van der Waals surface area contributed by atoms with Crippen LogP contribution in [0.1, 0.15) is 28.7 Å². The Kier molecular flexibility index (Phi) is 6.41. The van der Waals surface area contributed by atoms with Crippen molar-refractivity contribution >= 4 is 40.0 Å². The molecular weight excluding hydrogens is 422 g/mol. The van der Waals surface area contributed by atoms with Gasteiger partial charge in [-0.1, -0.05) is 47.7 Å². The van der Waals surface area contributed by atoms with Crippen LogP contribution >= 0.6 is 11.8 Å². The number of anilines is 1. The first-order valence-corrected chi connectivity index (χ1v) is 11.4. The molecule has 0 aliphatic carbocycles. The molecule has 0 aliphatic heterocycles. The summed E-state index contributed by atoms with van der Waals surface area (Å²) in [5.41, 5.74) is 3.61. The van der Waals surface area contributed by atoms with Gasteiger partial charge in [0.15, 0.2) is 10.9 Å². The predicted octanol–water partition coefficient (Wildman–Crippen LogP) is 4.25. The fourth-order valence-electron chi connectivity index (χ4n) is 3.63. The van der Waals surface area contributed by atoms with E-state index in [2.05, 4.69) is 15.5 Å². The van der Waals surface area contributed by atoms with Gasteiger partial charge in [0.1, 0.15) is 5.82 Å². The van der Waals surface area contributed by atoms with Gasteiger partial charge in [-0.05, 0) is 32.0 Å². The second kappa shape index (κ2) is 9.40. The van der Waals surface area contributed by atoms with Crippen molar-refractivity contribution < 1.29 is 9.59 Å². The Morgan fingerprint density at radius 1 is 1.06 bits per heavy atom. The molecule has 2 aromatic heterocycles. The van der Waals surface area contributed by atoms with Crippen LogP contribution in [0.4, 0.5) is 5.69 Å². The maximum Gasteiger partial charge on any atom is 0.232 e. The number of aryl methyl sites for hydroxylation is 2. The number of thioether (sulfide) groups is 1. The van der Waals surface area contributed by atoms with E-state index >= 15 is 0 Å².